The van der Waals surface area contributed by atoms with Crippen molar-refractivity contribution in [2.24, 2.45) is 4.99 Å². The molecule has 1 aromatic carbocycles. The summed E-state index contributed by atoms with van der Waals surface area (Å²) in [6.07, 6.45) is 0. The normalized spacial score (nSPS) is 18.2. The summed E-state index contributed by atoms with van der Waals surface area (Å²) in [6.45, 7) is 6.24. The number of phenolic OH excluding ortho intramolecular Hbond substituents is 1. The van der Waals surface area contributed by atoms with Gasteiger partial charge >= 0.3 is 0 Å². The molecule has 13 heavy (non-hydrogen) atoms. The fourth-order valence-corrected chi connectivity index (χ4v) is 1.66. The molecule has 2 nitrogen and oxygen atoms in total. The first-order chi connectivity index (χ1) is 6.03. The minimum absolute atomic E-state index is 0.0337. The number of para-hydroxylation sites is 1. The van der Waals surface area contributed by atoms with Crippen LogP contribution in [-0.4, -0.2) is 10.8 Å². The smallest absolute Gasteiger partial charge is 0.141 e. The number of phenols is 1. The van der Waals surface area contributed by atoms with Gasteiger partial charge in [-0.05, 0) is 18.6 Å². The molecule has 1 aliphatic rings. The van der Waals surface area contributed by atoms with Gasteiger partial charge in [0.05, 0.1) is 0 Å². The van der Waals surface area contributed by atoms with Crippen LogP contribution in [0.1, 0.15) is 26.3 Å². The highest BCUT2D eigenvalue weighted by atomic mass is 16.3. The highest BCUT2D eigenvalue weighted by molar-refractivity contribution is 6.00. The zero-order chi connectivity index (χ0) is 9.64. The van der Waals surface area contributed by atoms with Gasteiger partial charge in [0.2, 0.25) is 0 Å². The summed E-state index contributed by atoms with van der Waals surface area (Å²) < 4.78 is 0. The molecule has 0 atom stereocenters. The van der Waals surface area contributed by atoms with Gasteiger partial charge in [-0.15, -0.1) is 0 Å². The molecular formula is C11H13NO. The van der Waals surface area contributed by atoms with E-state index >= 15 is 0 Å². The van der Waals surface area contributed by atoms with Crippen LogP contribution in [0.2, 0.25) is 0 Å². The van der Waals surface area contributed by atoms with Crippen LogP contribution in [0.3, 0.4) is 0 Å². The first-order valence-electron chi connectivity index (χ1n) is 4.41. The third-order valence-corrected chi connectivity index (χ3v) is 2.87. The maximum Gasteiger partial charge on any atom is 0.141 e. The topological polar surface area (TPSA) is 32.6 Å². The molecule has 0 saturated heterocycles. The van der Waals surface area contributed by atoms with Crippen molar-refractivity contribution >= 4 is 11.4 Å². The highest BCUT2D eigenvalue weighted by Crippen LogP contribution is 2.44. The largest absolute Gasteiger partial charge is 0.506 e. The highest BCUT2D eigenvalue weighted by Gasteiger charge is 2.33. The van der Waals surface area contributed by atoms with Gasteiger partial charge < -0.3 is 5.11 Å². The average molecular weight is 175 g/mol. The van der Waals surface area contributed by atoms with Crippen LogP contribution in [0.25, 0.3) is 0 Å². The van der Waals surface area contributed by atoms with Gasteiger partial charge in [0, 0.05) is 11.1 Å². The molecule has 0 bridgehead atoms. The third kappa shape index (κ3) is 0.981. The van der Waals surface area contributed by atoms with Crippen molar-refractivity contribution in [3.05, 3.63) is 23.8 Å². The lowest BCUT2D eigenvalue weighted by atomic mass is 9.82. The van der Waals surface area contributed by atoms with Gasteiger partial charge in [-0.25, -0.2) is 0 Å². The standard InChI is InChI=1S/C11H13NO/c1-7-11(2,3)8-5-4-6-9(13)10(8)12-7/h4-6,13H,1-3H3. The van der Waals surface area contributed by atoms with E-state index in [1.165, 1.54) is 0 Å². The molecule has 68 valence electrons. The molecule has 1 N–H and O–H groups in total. The van der Waals surface area contributed by atoms with Crippen molar-refractivity contribution in [1.29, 1.82) is 0 Å². The second-order valence-corrected chi connectivity index (χ2v) is 4.00. The molecule has 0 spiro atoms. The molecule has 0 aromatic heterocycles. The van der Waals surface area contributed by atoms with Crippen LogP contribution in [0.5, 0.6) is 5.75 Å². The minimum Gasteiger partial charge on any atom is -0.506 e. The monoisotopic (exact) mass is 175 g/mol. The Morgan fingerprint density at radius 2 is 2.00 bits per heavy atom. The van der Waals surface area contributed by atoms with Crippen molar-refractivity contribution in [3.63, 3.8) is 0 Å². The maximum absolute atomic E-state index is 9.57. The number of nitrogens with zero attached hydrogens (tertiary/aromatic N) is 1. The fraction of sp³-hybridized carbons (Fsp3) is 0.364. The van der Waals surface area contributed by atoms with Gasteiger partial charge in [-0.1, -0.05) is 26.0 Å². The van der Waals surface area contributed by atoms with E-state index in [2.05, 4.69) is 18.8 Å². The molecule has 2 heteroatoms. The van der Waals surface area contributed by atoms with E-state index in [-0.39, 0.29) is 11.2 Å². The number of fused-ring (bicyclic) bond motifs is 1. The number of aliphatic imine (C=N–C) groups is 1. The second-order valence-electron chi connectivity index (χ2n) is 4.00. The zero-order valence-corrected chi connectivity index (χ0v) is 8.13. The molecule has 1 heterocycles. The Morgan fingerprint density at radius 1 is 1.31 bits per heavy atom. The molecule has 0 aliphatic carbocycles. The van der Waals surface area contributed by atoms with Crippen molar-refractivity contribution < 1.29 is 5.11 Å². The van der Waals surface area contributed by atoms with E-state index in [1.807, 2.05) is 19.1 Å². The molecule has 2 rings (SSSR count). The molecule has 1 aromatic rings. The lowest BCUT2D eigenvalue weighted by Crippen LogP contribution is -2.22. The number of aromatic hydroxyl groups is 1. The molecule has 0 radical (unpaired) electrons. The Hall–Kier alpha value is -1.31. The zero-order valence-electron chi connectivity index (χ0n) is 8.13. The van der Waals surface area contributed by atoms with E-state index in [0.717, 1.165) is 17.0 Å². The maximum atomic E-state index is 9.57. The summed E-state index contributed by atoms with van der Waals surface area (Å²) in [4.78, 5) is 4.37. The SMILES string of the molecule is CC1=Nc2c(O)cccc2C1(C)C. The van der Waals surface area contributed by atoms with Gasteiger partial charge in [0.1, 0.15) is 11.4 Å². The van der Waals surface area contributed by atoms with E-state index in [4.69, 9.17) is 0 Å². The average Bonchev–Trinajstić information content (AvgIpc) is 2.28. The Labute approximate surface area is 77.9 Å². The second kappa shape index (κ2) is 2.34. The molecule has 0 unspecified atom stereocenters. The van der Waals surface area contributed by atoms with E-state index in [0.29, 0.717) is 0 Å². The predicted octanol–water partition coefficient (Wildman–Crippen LogP) is 2.78. The van der Waals surface area contributed by atoms with Gasteiger partial charge in [-0.3, -0.25) is 4.99 Å². The summed E-state index contributed by atoms with van der Waals surface area (Å²) in [5.41, 5.74) is 2.88. The fourth-order valence-electron chi connectivity index (χ4n) is 1.66. The first kappa shape index (κ1) is 8.30. The van der Waals surface area contributed by atoms with Crippen molar-refractivity contribution in [1.82, 2.24) is 0 Å². The van der Waals surface area contributed by atoms with Crippen LogP contribution in [0.15, 0.2) is 23.2 Å². The van der Waals surface area contributed by atoms with E-state index in [9.17, 15) is 5.11 Å². The van der Waals surface area contributed by atoms with Crippen LogP contribution in [0, 0.1) is 0 Å². The number of hydrogen-bond donors (Lipinski definition) is 1. The third-order valence-electron chi connectivity index (χ3n) is 2.87. The molecule has 1 aliphatic heterocycles. The first-order valence-corrected chi connectivity index (χ1v) is 4.41. The minimum atomic E-state index is -0.0337. The van der Waals surface area contributed by atoms with Gasteiger partial charge in [0.15, 0.2) is 0 Å². The summed E-state index contributed by atoms with van der Waals surface area (Å²) in [5, 5.41) is 9.57. The Bertz CT molecular complexity index is 391. The Balaban J connectivity index is 2.71. The van der Waals surface area contributed by atoms with Gasteiger partial charge in [-0.2, -0.15) is 0 Å². The summed E-state index contributed by atoms with van der Waals surface area (Å²) in [6, 6.07) is 5.57. The number of benzene rings is 1. The molecule has 0 fully saturated rings. The number of rotatable bonds is 0. The molecule has 0 amide bonds. The van der Waals surface area contributed by atoms with Crippen molar-refractivity contribution in [2.45, 2.75) is 26.2 Å². The van der Waals surface area contributed by atoms with E-state index < -0.39 is 0 Å². The number of hydrogen-bond acceptors (Lipinski definition) is 2. The molecular weight excluding hydrogens is 162 g/mol. The van der Waals surface area contributed by atoms with E-state index in [1.54, 1.807) is 6.07 Å². The lowest BCUT2D eigenvalue weighted by molar-refractivity contribution is 0.476. The molecule has 0 saturated carbocycles. The van der Waals surface area contributed by atoms with Crippen LogP contribution >= 0.6 is 0 Å². The van der Waals surface area contributed by atoms with Crippen LogP contribution < -0.4 is 0 Å². The summed E-state index contributed by atoms with van der Waals surface area (Å²) in [7, 11) is 0. The Morgan fingerprint density at radius 3 is 2.62 bits per heavy atom. The Kier molecular flexibility index (Phi) is 1.50. The van der Waals surface area contributed by atoms with Crippen molar-refractivity contribution in [3.8, 4) is 5.75 Å². The summed E-state index contributed by atoms with van der Waals surface area (Å²) in [5.74, 6) is 0.280. The van der Waals surface area contributed by atoms with Gasteiger partial charge in [0.25, 0.3) is 0 Å². The predicted molar refractivity (Wildman–Crippen MR) is 53.9 cm³/mol. The van der Waals surface area contributed by atoms with Crippen LogP contribution in [-0.2, 0) is 5.41 Å². The summed E-state index contributed by atoms with van der Waals surface area (Å²) >= 11 is 0. The quantitative estimate of drug-likeness (QED) is 0.646. The van der Waals surface area contributed by atoms with Crippen molar-refractivity contribution in [2.75, 3.05) is 0 Å². The lowest BCUT2D eigenvalue weighted by Gasteiger charge is -2.19. The van der Waals surface area contributed by atoms with Crippen LogP contribution in [0.4, 0.5) is 5.69 Å².